The van der Waals surface area contributed by atoms with E-state index in [0.717, 1.165) is 26.2 Å². The van der Waals surface area contributed by atoms with Crippen LogP contribution >= 0.6 is 0 Å². The summed E-state index contributed by atoms with van der Waals surface area (Å²) in [6.07, 6.45) is 0.670. The lowest BCUT2D eigenvalue weighted by Crippen LogP contribution is -2.53. The smallest absolute Gasteiger partial charge is 0.223 e. The maximum Gasteiger partial charge on any atom is 0.223 e. The number of piperazine rings is 1. The summed E-state index contributed by atoms with van der Waals surface area (Å²) in [7, 11) is 0. The van der Waals surface area contributed by atoms with Crippen molar-refractivity contribution in [3.05, 3.63) is 35.9 Å². The van der Waals surface area contributed by atoms with Crippen molar-refractivity contribution in [1.82, 2.24) is 9.80 Å². The Bertz CT molecular complexity index is 430. The molecule has 1 aliphatic heterocycles. The van der Waals surface area contributed by atoms with E-state index in [4.69, 9.17) is 0 Å². The highest BCUT2D eigenvalue weighted by Crippen LogP contribution is 2.15. The third kappa shape index (κ3) is 4.07. The highest BCUT2D eigenvalue weighted by Gasteiger charge is 2.27. The van der Waals surface area contributed by atoms with Crippen LogP contribution in [0.1, 0.15) is 32.8 Å². The third-order valence-electron chi connectivity index (χ3n) is 3.86. The van der Waals surface area contributed by atoms with Gasteiger partial charge in [-0.1, -0.05) is 44.2 Å². The second-order valence-corrected chi connectivity index (χ2v) is 6.25. The summed E-state index contributed by atoms with van der Waals surface area (Å²) in [5.41, 5.74) is 1.35. The van der Waals surface area contributed by atoms with Crippen LogP contribution < -0.4 is 0 Å². The molecule has 3 nitrogen and oxygen atoms in total. The summed E-state index contributed by atoms with van der Waals surface area (Å²) in [6, 6.07) is 10.9. The lowest BCUT2D eigenvalue weighted by atomic mass is 10.1. The molecule has 110 valence electrons. The first-order valence-corrected chi connectivity index (χ1v) is 7.62. The Balaban J connectivity index is 1.87. The zero-order chi connectivity index (χ0) is 14.5. The summed E-state index contributed by atoms with van der Waals surface area (Å²) >= 11 is 0. The van der Waals surface area contributed by atoms with Gasteiger partial charge in [-0.05, 0) is 18.4 Å². The first kappa shape index (κ1) is 15.0. The fourth-order valence-electron chi connectivity index (χ4n) is 2.86. The standard InChI is InChI=1S/C17H26N2O/c1-14(2)11-17(20)19-10-9-18(12-15(19)3)13-16-7-5-4-6-8-16/h4-8,14-15H,9-13H2,1-3H3. The van der Waals surface area contributed by atoms with Gasteiger partial charge in [0, 0.05) is 38.6 Å². The molecule has 1 fully saturated rings. The van der Waals surface area contributed by atoms with Gasteiger partial charge in [-0.15, -0.1) is 0 Å². The molecule has 0 aliphatic carbocycles. The summed E-state index contributed by atoms with van der Waals surface area (Å²) in [6.45, 7) is 10.2. The van der Waals surface area contributed by atoms with E-state index in [2.05, 4.69) is 60.9 Å². The molecule has 2 rings (SSSR count). The topological polar surface area (TPSA) is 23.6 Å². The molecule has 0 N–H and O–H groups in total. The highest BCUT2D eigenvalue weighted by molar-refractivity contribution is 5.76. The average molecular weight is 274 g/mol. The van der Waals surface area contributed by atoms with Crippen molar-refractivity contribution in [1.29, 1.82) is 0 Å². The number of nitrogens with zero attached hydrogens (tertiary/aromatic N) is 2. The summed E-state index contributed by atoms with van der Waals surface area (Å²) in [4.78, 5) is 16.7. The lowest BCUT2D eigenvalue weighted by molar-refractivity contribution is -0.136. The van der Waals surface area contributed by atoms with Gasteiger partial charge in [-0.2, -0.15) is 0 Å². The Kier molecular flexibility index (Phi) is 5.18. The van der Waals surface area contributed by atoms with Crippen molar-refractivity contribution < 1.29 is 4.79 Å². The molecule has 1 aromatic carbocycles. The van der Waals surface area contributed by atoms with Gasteiger partial charge in [0.25, 0.3) is 0 Å². The van der Waals surface area contributed by atoms with Gasteiger partial charge >= 0.3 is 0 Å². The largest absolute Gasteiger partial charge is 0.337 e. The number of hydrogen-bond donors (Lipinski definition) is 0. The Hall–Kier alpha value is -1.35. The first-order valence-electron chi connectivity index (χ1n) is 7.62. The van der Waals surface area contributed by atoms with Gasteiger partial charge in [0.1, 0.15) is 0 Å². The fourth-order valence-corrected chi connectivity index (χ4v) is 2.86. The lowest BCUT2D eigenvalue weighted by Gasteiger charge is -2.40. The molecule has 0 spiro atoms. The second kappa shape index (κ2) is 6.89. The van der Waals surface area contributed by atoms with E-state index in [-0.39, 0.29) is 0 Å². The van der Waals surface area contributed by atoms with Gasteiger partial charge in [0.15, 0.2) is 0 Å². The number of amides is 1. The molecule has 0 radical (unpaired) electrons. The van der Waals surface area contributed by atoms with E-state index in [9.17, 15) is 4.79 Å². The minimum absolute atomic E-state index is 0.312. The van der Waals surface area contributed by atoms with Crippen molar-refractivity contribution in [2.75, 3.05) is 19.6 Å². The molecule has 1 atom stereocenters. The molecule has 1 aliphatic rings. The molecular weight excluding hydrogens is 248 g/mol. The SMILES string of the molecule is CC(C)CC(=O)N1CCN(Cc2ccccc2)CC1C. The minimum Gasteiger partial charge on any atom is -0.337 e. The fraction of sp³-hybridized carbons (Fsp3) is 0.588. The molecule has 0 bridgehead atoms. The Morgan fingerprint density at radius 1 is 1.25 bits per heavy atom. The van der Waals surface area contributed by atoms with E-state index >= 15 is 0 Å². The predicted molar refractivity (Wildman–Crippen MR) is 82.3 cm³/mol. The van der Waals surface area contributed by atoms with Crippen LogP contribution in [0.2, 0.25) is 0 Å². The number of rotatable bonds is 4. The highest BCUT2D eigenvalue weighted by atomic mass is 16.2. The second-order valence-electron chi connectivity index (χ2n) is 6.25. The molecule has 1 amide bonds. The summed E-state index contributed by atoms with van der Waals surface area (Å²) < 4.78 is 0. The molecule has 1 saturated heterocycles. The van der Waals surface area contributed by atoms with Gasteiger partial charge in [0.2, 0.25) is 5.91 Å². The van der Waals surface area contributed by atoms with Crippen LogP contribution in [0.25, 0.3) is 0 Å². The molecule has 20 heavy (non-hydrogen) atoms. The van der Waals surface area contributed by atoms with Crippen LogP contribution in [0.4, 0.5) is 0 Å². The Morgan fingerprint density at radius 2 is 1.95 bits per heavy atom. The van der Waals surface area contributed by atoms with Crippen LogP contribution in [-0.4, -0.2) is 41.4 Å². The van der Waals surface area contributed by atoms with Crippen molar-refractivity contribution >= 4 is 5.91 Å². The van der Waals surface area contributed by atoms with Gasteiger partial charge in [-0.25, -0.2) is 0 Å². The van der Waals surface area contributed by atoms with E-state index < -0.39 is 0 Å². The van der Waals surface area contributed by atoms with Crippen LogP contribution in [0.3, 0.4) is 0 Å². The zero-order valence-electron chi connectivity index (χ0n) is 12.9. The quantitative estimate of drug-likeness (QED) is 0.843. The number of carbonyl (C=O) groups is 1. The van der Waals surface area contributed by atoms with Crippen molar-refractivity contribution in [3.63, 3.8) is 0 Å². The van der Waals surface area contributed by atoms with E-state index in [1.54, 1.807) is 0 Å². The number of carbonyl (C=O) groups excluding carboxylic acids is 1. The van der Waals surface area contributed by atoms with Crippen molar-refractivity contribution in [2.24, 2.45) is 5.92 Å². The normalized spacial score (nSPS) is 20.4. The third-order valence-corrected chi connectivity index (χ3v) is 3.86. The molecule has 1 aromatic rings. The number of benzene rings is 1. The predicted octanol–water partition coefficient (Wildman–Crippen LogP) is 2.77. The summed E-state index contributed by atoms with van der Waals surface area (Å²) in [5, 5.41) is 0. The van der Waals surface area contributed by atoms with Crippen LogP contribution in [0.5, 0.6) is 0 Å². The maximum atomic E-state index is 12.2. The Morgan fingerprint density at radius 3 is 2.55 bits per heavy atom. The molecule has 1 unspecified atom stereocenters. The van der Waals surface area contributed by atoms with Crippen LogP contribution in [0, 0.1) is 5.92 Å². The zero-order valence-corrected chi connectivity index (χ0v) is 12.9. The van der Waals surface area contributed by atoms with E-state index in [0.29, 0.717) is 24.3 Å². The molecular formula is C17H26N2O. The van der Waals surface area contributed by atoms with Crippen LogP contribution in [-0.2, 0) is 11.3 Å². The van der Waals surface area contributed by atoms with Crippen LogP contribution in [0.15, 0.2) is 30.3 Å². The van der Waals surface area contributed by atoms with E-state index in [1.807, 2.05) is 0 Å². The first-order chi connectivity index (χ1) is 9.56. The monoisotopic (exact) mass is 274 g/mol. The van der Waals surface area contributed by atoms with Crippen molar-refractivity contribution in [2.45, 2.75) is 39.8 Å². The molecule has 0 saturated carbocycles. The van der Waals surface area contributed by atoms with Crippen molar-refractivity contribution in [3.8, 4) is 0 Å². The number of hydrogen-bond acceptors (Lipinski definition) is 2. The molecule has 1 heterocycles. The minimum atomic E-state index is 0.312. The van der Waals surface area contributed by atoms with E-state index in [1.165, 1.54) is 5.56 Å². The van der Waals surface area contributed by atoms with Gasteiger partial charge in [0.05, 0.1) is 0 Å². The van der Waals surface area contributed by atoms with Gasteiger partial charge in [-0.3, -0.25) is 9.69 Å². The average Bonchev–Trinajstić information content (AvgIpc) is 2.39. The maximum absolute atomic E-state index is 12.2. The molecule has 3 heteroatoms. The molecule has 0 aromatic heterocycles. The Labute approximate surface area is 122 Å². The summed E-state index contributed by atoms with van der Waals surface area (Å²) in [5.74, 6) is 0.754. The van der Waals surface area contributed by atoms with Gasteiger partial charge < -0.3 is 4.90 Å².